The van der Waals surface area contributed by atoms with Gasteiger partial charge in [-0.15, -0.1) is 0 Å². The molecule has 2 fully saturated rings. The van der Waals surface area contributed by atoms with Gasteiger partial charge in [-0.2, -0.15) is 0 Å². The number of aliphatic hydroxyl groups excluding tert-OH is 2. The van der Waals surface area contributed by atoms with E-state index in [1.54, 1.807) is 0 Å². The van der Waals surface area contributed by atoms with Gasteiger partial charge in [0.05, 0.1) is 24.9 Å². The molecule has 2 aromatic rings. The lowest BCUT2D eigenvalue weighted by Crippen LogP contribution is -2.44. The number of hydrogen-bond donors (Lipinski definition) is 3. The van der Waals surface area contributed by atoms with Crippen molar-refractivity contribution in [1.82, 2.24) is 10.2 Å². The van der Waals surface area contributed by atoms with E-state index in [1.807, 2.05) is 48.5 Å². The van der Waals surface area contributed by atoms with Crippen molar-refractivity contribution in [2.24, 2.45) is 5.92 Å². The lowest BCUT2D eigenvalue weighted by molar-refractivity contribution is -0.276. The van der Waals surface area contributed by atoms with Crippen LogP contribution in [0.5, 0.6) is 0 Å². The van der Waals surface area contributed by atoms with Gasteiger partial charge < -0.3 is 25.0 Å². The molecule has 2 aliphatic rings. The fourth-order valence-electron chi connectivity index (χ4n) is 4.58. The van der Waals surface area contributed by atoms with Gasteiger partial charge in [0.2, 0.25) is 5.91 Å². The van der Waals surface area contributed by atoms with Crippen molar-refractivity contribution in [2.45, 2.75) is 58.0 Å². The van der Waals surface area contributed by atoms with E-state index in [-0.39, 0.29) is 36.7 Å². The van der Waals surface area contributed by atoms with E-state index in [4.69, 9.17) is 9.47 Å². The van der Waals surface area contributed by atoms with Crippen molar-refractivity contribution in [3.8, 4) is 0 Å². The number of ether oxygens (including phenoxy) is 2. The van der Waals surface area contributed by atoms with Gasteiger partial charge in [-0.05, 0) is 23.1 Å². The molecule has 178 valence electrons. The van der Waals surface area contributed by atoms with Crippen molar-refractivity contribution in [2.75, 3.05) is 19.6 Å². The van der Waals surface area contributed by atoms with Crippen molar-refractivity contribution >= 4 is 5.91 Å². The first-order valence-electron chi connectivity index (χ1n) is 11.7. The number of nitrogens with one attached hydrogen (secondary N) is 1. The summed E-state index contributed by atoms with van der Waals surface area (Å²) in [4.78, 5) is 13.4. The molecule has 0 aliphatic carbocycles. The third-order valence-electron chi connectivity index (χ3n) is 6.60. The summed E-state index contributed by atoms with van der Waals surface area (Å²) >= 11 is 0. The second kappa shape index (κ2) is 10.8. The Morgan fingerprint density at radius 2 is 1.73 bits per heavy atom. The molecular formula is C26H34N2O5. The van der Waals surface area contributed by atoms with Crippen LogP contribution >= 0.6 is 0 Å². The molecule has 7 nitrogen and oxygen atoms in total. The monoisotopic (exact) mass is 454 g/mol. The molecule has 5 unspecified atom stereocenters. The minimum absolute atomic E-state index is 0.0117. The number of amides is 1. The molecule has 2 saturated heterocycles. The van der Waals surface area contributed by atoms with E-state index in [0.717, 1.165) is 41.8 Å². The van der Waals surface area contributed by atoms with Gasteiger partial charge in [0.15, 0.2) is 6.29 Å². The summed E-state index contributed by atoms with van der Waals surface area (Å²) in [7, 11) is 0. The number of carbonyl (C=O) groups is 1. The van der Waals surface area contributed by atoms with Gasteiger partial charge in [-0.25, -0.2) is 0 Å². The van der Waals surface area contributed by atoms with E-state index in [0.29, 0.717) is 13.1 Å². The second-order valence-electron chi connectivity index (χ2n) is 9.18. The molecule has 2 aromatic carbocycles. The van der Waals surface area contributed by atoms with Crippen LogP contribution in [0.3, 0.4) is 0 Å². The highest BCUT2D eigenvalue weighted by molar-refractivity contribution is 5.72. The second-order valence-corrected chi connectivity index (χ2v) is 9.18. The standard InChI is InChI=1S/C26H34N2O5/c1-17-24(15-28-12-11-23(31)14-28)32-26(22-9-3-19(4-10-22)13-27-18(2)30)33-25(17)21-7-5-20(16-29)6-8-21/h3-10,17,23-26,29,31H,11-16H2,1-2H3,(H,27,30). The van der Waals surface area contributed by atoms with Crippen LogP contribution in [0.15, 0.2) is 48.5 Å². The zero-order chi connectivity index (χ0) is 23.4. The molecule has 33 heavy (non-hydrogen) atoms. The van der Waals surface area contributed by atoms with Crippen LogP contribution in [0.4, 0.5) is 0 Å². The predicted octanol–water partition coefficient (Wildman–Crippen LogP) is 2.67. The zero-order valence-corrected chi connectivity index (χ0v) is 19.3. The maximum atomic E-state index is 11.2. The zero-order valence-electron chi connectivity index (χ0n) is 19.3. The fraction of sp³-hybridized carbons (Fsp3) is 0.500. The third kappa shape index (κ3) is 5.99. The average Bonchev–Trinajstić information content (AvgIpc) is 3.24. The highest BCUT2D eigenvalue weighted by atomic mass is 16.7. The largest absolute Gasteiger partial charge is 0.392 e. The lowest BCUT2D eigenvalue weighted by Gasteiger charge is -2.42. The number of benzene rings is 2. The Balaban J connectivity index is 1.54. The summed E-state index contributed by atoms with van der Waals surface area (Å²) in [6.45, 7) is 6.43. The summed E-state index contributed by atoms with van der Waals surface area (Å²) in [5.41, 5.74) is 3.86. The van der Waals surface area contributed by atoms with Crippen LogP contribution in [0.2, 0.25) is 0 Å². The highest BCUT2D eigenvalue weighted by Crippen LogP contribution is 2.42. The SMILES string of the molecule is CC(=O)NCc1ccc(C2OC(CN3CCC(O)C3)C(C)C(c3ccc(CO)cc3)O2)cc1. The van der Waals surface area contributed by atoms with Crippen LogP contribution in [-0.2, 0) is 27.4 Å². The van der Waals surface area contributed by atoms with Crippen LogP contribution in [-0.4, -0.2) is 52.9 Å². The van der Waals surface area contributed by atoms with Crippen molar-refractivity contribution in [3.05, 3.63) is 70.8 Å². The topological polar surface area (TPSA) is 91.3 Å². The summed E-state index contributed by atoms with van der Waals surface area (Å²) in [5, 5.41) is 22.2. The molecule has 7 heteroatoms. The Kier molecular flexibility index (Phi) is 7.78. The molecule has 0 bridgehead atoms. The molecule has 4 rings (SSSR count). The Bertz CT molecular complexity index is 917. The Morgan fingerprint density at radius 3 is 2.33 bits per heavy atom. The number of hydrogen-bond acceptors (Lipinski definition) is 6. The number of rotatable bonds is 7. The summed E-state index contributed by atoms with van der Waals surface area (Å²) in [6, 6.07) is 15.8. The number of nitrogens with zero attached hydrogens (tertiary/aromatic N) is 1. The quantitative estimate of drug-likeness (QED) is 0.596. The van der Waals surface area contributed by atoms with Crippen molar-refractivity contribution in [1.29, 1.82) is 0 Å². The van der Waals surface area contributed by atoms with Crippen LogP contribution in [0.25, 0.3) is 0 Å². The third-order valence-corrected chi connectivity index (χ3v) is 6.60. The lowest BCUT2D eigenvalue weighted by atomic mass is 9.90. The molecule has 3 N–H and O–H groups in total. The van der Waals surface area contributed by atoms with Gasteiger partial charge in [0.25, 0.3) is 0 Å². The average molecular weight is 455 g/mol. The van der Waals surface area contributed by atoms with Gasteiger partial charge in [-0.1, -0.05) is 55.5 Å². The molecule has 1 amide bonds. The molecule has 0 saturated carbocycles. The Hall–Kier alpha value is -2.29. The first-order valence-corrected chi connectivity index (χ1v) is 11.7. The Morgan fingerprint density at radius 1 is 1.06 bits per heavy atom. The first-order chi connectivity index (χ1) is 15.9. The summed E-state index contributed by atoms with van der Waals surface area (Å²) in [5.74, 6) is 0.0509. The highest BCUT2D eigenvalue weighted by Gasteiger charge is 2.39. The van der Waals surface area contributed by atoms with Gasteiger partial charge in [-0.3, -0.25) is 9.69 Å². The summed E-state index contributed by atoms with van der Waals surface area (Å²) in [6.07, 6.45) is -0.211. The number of carbonyl (C=O) groups excluding carboxylic acids is 1. The number of β-amino-alcohol motifs (C(OH)–C–C–N with tert-alkyl or cyclic N) is 1. The molecular weight excluding hydrogens is 420 g/mol. The van der Waals surface area contributed by atoms with E-state index in [1.165, 1.54) is 6.92 Å². The normalized spacial score (nSPS) is 28.1. The molecule has 2 aliphatic heterocycles. The van der Waals surface area contributed by atoms with E-state index in [9.17, 15) is 15.0 Å². The summed E-state index contributed by atoms with van der Waals surface area (Å²) < 4.78 is 12.9. The molecule has 0 spiro atoms. The van der Waals surface area contributed by atoms with Crippen LogP contribution < -0.4 is 5.32 Å². The minimum atomic E-state index is -0.518. The van der Waals surface area contributed by atoms with Gasteiger partial charge >= 0.3 is 0 Å². The van der Waals surface area contributed by atoms with Gasteiger partial charge in [0.1, 0.15) is 0 Å². The minimum Gasteiger partial charge on any atom is -0.392 e. The molecule has 2 heterocycles. The van der Waals surface area contributed by atoms with Crippen molar-refractivity contribution < 1.29 is 24.5 Å². The molecule has 5 atom stereocenters. The number of likely N-dealkylation sites (tertiary alicyclic amines) is 1. The smallest absolute Gasteiger partial charge is 0.217 e. The fourth-order valence-corrected chi connectivity index (χ4v) is 4.58. The molecule has 0 aromatic heterocycles. The maximum Gasteiger partial charge on any atom is 0.217 e. The van der Waals surface area contributed by atoms with E-state index >= 15 is 0 Å². The van der Waals surface area contributed by atoms with Crippen LogP contribution in [0.1, 0.15) is 54.9 Å². The Labute approximate surface area is 195 Å². The van der Waals surface area contributed by atoms with E-state index in [2.05, 4.69) is 17.1 Å². The van der Waals surface area contributed by atoms with Crippen molar-refractivity contribution in [3.63, 3.8) is 0 Å². The predicted molar refractivity (Wildman–Crippen MR) is 124 cm³/mol. The number of aliphatic hydroxyl groups is 2. The van der Waals surface area contributed by atoms with Crippen LogP contribution in [0, 0.1) is 5.92 Å². The maximum absolute atomic E-state index is 11.2. The first kappa shape index (κ1) is 23.9. The molecule has 0 radical (unpaired) electrons. The van der Waals surface area contributed by atoms with Gasteiger partial charge in [0, 0.05) is 44.6 Å². The van der Waals surface area contributed by atoms with E-state index < -0.39 is 6.29 Å².